The maximum atomic E-state index is 15.1. The summed E-state index contributed by atoms with van der Waals surface area (Å²) in [4.78, 5) is 34.4. The van der Waals surface area contributed by atoms with Crippen molar-refractivity contribution in [1.82, 2.24) is 14.4 Å². The van der Waals surface area contributed by atoms with Gasteiger partial charge in [-0.3, -0.25) is 9.20 Å². The number of anilines is 2. The number of nitrogens with zero attached hydrogens (tertiary/aromatic N) is 4. The number of hydrogen-bond donors (Lipinski definition) is 2. The van der Waals surface area contributed by atoms with Crippen molar-refractivity contribution in [3.05, 3.63) is 98.2 Å². The first kappa shape index (κ1) is 22.7. The number of halogens is 3. The predicted molar refractivity (Wildman–Crippen MR) is 126 cm³/mol. The second-order valence-electron chi connectivity index (χ2n) is 8.19. The van der Waals surface area contributed by atoms with Crippen molar-refractivity contribution in [3.63, 3.8) is 0 Å². The lowest BCUT2D eigenvalue weighted by Crippen LogP contribution is -2.27. The van der Waals surface area contributed by atoms with Gasteiger partial charge in [0.2, 0.25) is 5.82 Å². The Balaban J connectivity index is 1.60. The minimum absolute atomic E-state index is 0.00301. The van der Waals surface area contributed by atoms with Crippen LogP contribution in [0.2, 0.25) is 5.15 Å². The van der Waals surface area contributed by atoms with Crippen molar-refractivity contribution >= 4 is 34.7 Å². The molecule has 5 rings (SSSR count). The van der Waals surface area contributed by atoms with Gasteiger partial charge in [0.05, 0.1) is 11.7 Å². The van der Waals surface area contributed by atoms with Gasteiger partial charge in [0, 0.05) is 24.8 Å². The first-order valence-corrected chi connectivity index (χ1v) is 11.0. The Bertz CT molecular complexity index is 1530. The lowest BCUT2D eigenvalue weighted by Gasteiger charge is -2.21. The van der Waals surface area contributed by atoms with E-state index in [9.17, 15) is 19.1 Å². The van der Waals surface area contributed by atoms with Crippen LogP contribution in [0.1, 0.15) is 40.1 Å². The fourth-order valence-electron chi connectivity index (χ4n) is 4.23. The van der Waals surface area contributed by atoms with E-state index in [0.717, 1.165) is 21.7 Å². The molecule has 4 heterocycles. The molecule has 0 saturated carbocycles. The zero-order chi connectivity index (χ0) is 24.9. The zero-order valence-electron chi connectivity index (χ0n) is 18.3. The summed E-state index contributed by atoms with van der Waals surface area (Å²) in [5.41, 5.74) is 1.05. The molecule has 0 saturated heterocycles. The highest BCUT2D eigenvalue weighted by Gasteiger charge is 2.27. The summed E-state index contributed by atoms with van der Waals surface area (Å²) in [7, 11) is 0. The molecule has 35 heavy (non-hydrogen) atoms. The number of aromatic nitrogens is 3. The molecule has 2 N–H and O–H groups in total. The van der Waals surface area contributed by atoms with Crippen molar-refractivity contribution < 1.29 is 18.7 Å². The highest BCUT2D eigenvalue weighted by Crippen LogP contribution is 2.30. The topological polar surface area (TPSA) is 99.8 Å². The first-order chi connectivity index (χ1) is 16.7. The van der Waals surface area contributed by atoms with Crippen molar-refractivity contribution in [1.29, 1.82) is 0 Å². The molecule has 1 atom stereocenters. The van der Waals surface area contributed by atoms with E-state index in [4.69, 9.17) is 11.6 Å². The number of nitrogens with one attached hydrogen (secondary N) is 1. The van der Waals surface area contributed by atoms with Crippen LogP contribution in [0.15, 0.2) is 53.5 Å². The molecule has 1 aliphatic rings. The third-order valence-electron chi connectivity index (χ3n) is 5.89. The largest absolute Gasteiger partial charge is 0.476 e. The fraction of sp³-hybridized carbons (Fsp3) is 0.167. The Labute approximate surface area is 202 Å². The molecule has 8 nitrogen and oxygen atoms in total. The molecule has 3 aromatic heterocycles. The van der Waals surface area contributed by atoms with Crippen LogP contribution < -0.4 is 15.8 Å². The predicted octanol–water partition coefficient (Wildman–Crippen LogP) is 4.41. The second kappa shape index (κ2) is 8.62. The monoisotopic (exact) mass is 497 g/mol. The third kappa shape index (κ3) is 4.06. The Hall–Kier alpha value is -4.05. The molecule has 0 amide bonds. The van der Waals surface area contributed by atoms with Crippen molar-refractivity contribution in [3.8, 4) is 0 Å². The summed E-state index contributed by atoms with van der Waals surface area (Å²) >= 11 is 5.82. The lowest BCUT2D eigenvalue weighted by molar-refractivity contribution is 0.0691. The van der Waals surface area contributed by atoms with E-state index in [0.29, 0.717) is 13.1 Å². The van der Waals surface area contributed by atoms with Gasteiger partial charge in [0.15, 0.2) is 11.5 Å². The zero-order valence-corrected chi connectivity index (χ0v) is 19.1. The van der Waals surface area contributed by atoms with Gasteiger partial charge in [-0.25, -0.2) is 19.2 Å². The molecule has 0 bridgehead atoms. The maximum Gasteiger partial charge on any atom is 0.356 e. The molecule has 11 heteroatoms. The molecular weight excluding hydrogens is 480 g/mol. The summed E-state index contributed by atoms with van der Waals surface area (Å²) in [6.45, 7) is 2.38. The van der Waals surface area contributed by atoms with Crippen LogP contribution in [0.4, 0.5) is 20.3 Å². The van der Waals surface area contributed by atoms with Crippen molar-refractivity contribution in [2.45, 2.75) is 26.1 Å². The van der Waals surface area contributed by atoms with E-state index in [1.54, 1.807) is 11.8 Å². The highest BCUT2D eigenvalue weighted by molar-refractivity contribution is 6.29. The van der Waals surface area contributed by atoms with Gasteiger partial charge in [-0.05, 0) is 36.2 Å². The van der Waals surface area contributed by atoms with E-state index in [1.807, 2.05) is 24.3 Å². The van der Waals surface area contributed by atoms with E-state index in [-0.39, 0.29) is 33.6 Å². The molecule has 4 aromatic rings. The molecule has 0 unspecified atom stereocenters. The van der Waals surface area contributed by atoms with Crippen LogP contribution >= 0.6 is 11.6 Å². The number of hydrogen-bond acceptors (Lipinski definition) is 6. The number of pyridine rings is 2. The standard InChI is InChI=1S/C24H18ClF2N5O3/c1-12(28-17-6-7-18(25)29-20(17)24(34)35)16-8-15(26)11-32-21(16)30-22(19(27)23(32)33)31-9-13-4-2-3-5-14(13)10-31/h2-8,11-12,28H,9-10H2,1H3,(H,34,35)/t12-/m1/s1. The smallest absolute Gasteiger partial charge is 0.356 e. The summed E-state index contributed by atoms with van der Waals surface area (Å²) < 4.78 is 30.4. The van der Waals surface area contributed by atoms with Gasteiger partial charge < -0.3 is 15.3 Å². The number of benzene rings is 1. The SMILES string of the molecule is C[C@@H](Nc1ccc(Cl)nc1C(=O)O)c1cc(F)cn2c(=O)c(F)c(N3Cc4ccccc4C3)nc12. The number of fused-ring (bicyclic) bond motifs is 2. The molecule has 0 spiro atoms. The highest BCUT2D eigenvalue weighted by atomic mass is 35.5. The van der Waals surface area contributed by atoms with Crippen LogP contribution in [-0.4, -0.2) is 25.4 Å². The number of aromatic carboxylic acids is 1. The van der Waals surface area contributed by atoms with Crippen molar-refractivity contribution in [2.24, 2.45) is 0 Å². The summed E-state index contributed by atoms with van der Waals surface area (Å²) in [6.07, 6.45) is 0.874. The van der Waals surface area contributed by atoms with Crippen LogP contribution in [0.5, 0.6) is 0 Å². The number of rotatable bonds is 5. The molecule has 0 aliphatic carbocycles. The minimum atomic E-state index is -1.31. The third-order valence-corrected chi connectivity index (χ3v) is 6.10. The average Bonchev–Trinajstić information content (AvgIpc) is 3.26. The van der Waals surface area contributed by atoms with E-state index in [2.05, 4.69) is 15.3 Å². The van der Waals surface area contributed by atoms with Crippen LogP contribution in [0.3, 0.4) is 0 Å². The van der Waals surface area contributed by atoms with Gasteiger partial charge in [-0.2, -0.15) is 4.39 Å². The first-order valence-electron chi connectivity index (χ1n) is 10.6. The van der Waals surface area contributed by atoms with Crippen molar-refractivity contribution in [2.75, 3.05) is 10.2 Å². The molecule has 1 aromatic carbocycles. The number of carboxylic acid groups (broad SMARTS) is 1. The Morgan fingerprint density at radius 1 is 1.14 bits per heavy atom. The second-order valence-corrected chi connectivity index (χ2v) is 8.58. The molecule has 0 fully saturated rings. The van der Waals surface area contributed by atoms with Gasteiger partial charge in [-0.15, -0.1) is 0 Å². The van der Waals surface area contributed by atoms with Crippen LogP contribution in [0, 0.1) is 11.6 Å². The summed E-state index contributed by atoms with van der Waals surface area (Å²) in [5.74, 6) is -3.30. The van der Waals surface area contributed by atoms with Crippen LogP contribution in [-0.2, 0) is 13.1 Å². The van der Waals surface area contributed by atoms with E-state index in [1.165, 1.54) is 18.2 Å². The van der Waals surface area contributed by atoms with Gasteiger partial charge in [-0.1, -0.05) is 35.9 Å². The molecule has 0 radical (unpaired) electrons. The lowest BCUT2D eigenvalue weighted by atomic mass is 10.1. The van der Waals surface area contributed by atoms with E-state index < -0.39 is 29.2 Å². The molecular formula is C24H18ClF2N5O3. The Morgan fingerprint density at radius 3 is 2.49 bits per heavy atom. The number of carboxylic acids is 1. The maximum absolute atomic E-state index is 15.1. The molecule has 178 valence electrons. The van der Waals surface area contributed by atoms with Gasteiger partial charge in [0.25, 0.3) is 5.56 Å². The van der Waals surface area contributed by atoms with Crippen LogP contribution in [0.25, 0.3) is 5.65 Å². The Kier molecular flexibility index (Phi) is 5.60. The average molecular weight is 498 g/mol. The minimum Gasteiger partial charge on any atom is -0.476 e. The summed E-state index contributed by atoms with van der Waals surface area (Å²) in [6, 6.07) is 10.9. The van der Waals surface area contributed by atoms with Gasteiger partial charge >= 0.3 is 5.97 Å². The Morgan fingerprint density at radius 2 is 1.83 bits per heavy atom. The molecule has 1 aliphatic heterocycles. The summed E-state index contributed by atoms with van der Waals surface area (Å²) in [5, 5.41) is 12.4. The normalized spacial score (nSPS) is 13.7. The fourth-order valence-corrected chi connectivity index (χ4v) is 4.38. The number of carbonyl (C=O) groups is 1. The van der Waals surface area contributed by atoms with E-state index >= 15 is 4.39 Å². The van der Waals surface area contributed by atoms with Gasteiger partial charge in [0.1, 0.15) is 16.6 Å². The quantitative estimate of drug-likeness (QED) is 0.394.